The third-order valence-corrected chi connectivity index (χ3v) is 2.88. The fourth-order valence-corrected chi connectivity index (χ4v) is 1.85. The van der Waals surface area contributed by atoms with Crippen molar-refractivity contribution in [3.05, 3.63) is 0 Å². The molecule has 0 aromatic rings. The Hall–Kier alpha value is -0.610. The number of aliphatic hydroxyl groups excluding tert-OH is 1. The molecule has 0 saturated carbocycles. The van der Waals surface area contributed by atoms with Gasteiger partial charge in [0.05, 0.1) is 6.61 Å². The number of carboxylic acid groups (broad SMARTS) is 1. The van der Waals surface area contributed by atoms with Crippen LogP contribution in [0.15, 0.2) is 0 Å². The summed E-state index contributed by atoms with van der Waals surface area (Å²) in [6.45, 7) is 3.02. The lowest BCUT2D eigenvalue weighted by molar-refractivity contribution is -0.137. The van der Waals surface area contributed by atoms with Gasteiger partial charge in [0, 0.05) is 19.0 Å². The molecule has 0 unspecified atom stereocenters. The van der Waals surface area contributed by atoms with E-state index in [1.54, 1.807) is 0 Å². The summed E-state index contributed by atoms with van der Waals surface area (Å²) >= 11 is 0. The fourth-order valence-electron chi connectivity index (χ4n) is 1.85. The van der Waals surface area contributed by atoms with Crippen molar-refractivity contribution in [2.45, 2.75) is 64.3 Å². The monoisotopic (exact) mass is 245 g/mol. The summed E-state index contributed by atoms with van der Waals surface area (Å²) in [5, 5.41) is 20.3. The molecule has 0 amide bonds. The Morgan fingerprint density at radius 2 is 1.71 bits per heavy atom. The van der Waals surface area contributed by atoms with E-state index in [1.165, 1.54) is 19.3 Å². The summed E-state index contributed by atoms with van der Waals surface area (Å²) in [6, 6.07) is 0.481. The van der Waals surface area contributed by atoms with E-state index in [4.69, 9.17) is 10.2 Å². The molecule has 0 aromatic carbocycles. The van der Waals surface area contributed by atoms with E-state index in [2.05, 4.69) is 12.2 Å². The summed E-state index contributed by atoms with van der Waals surface area (Å²) in [5.41, 5.74) is 0. The number of aliphatic carboxylic acids is 1. The summed E-state index contributed by atoms with van der Waals surface area (Å²) in [7, 11) is 0. The van der Waals surface area contributed by atoms with Crippen LogP contribution in [0.3, 0.4) is 0 Å². The third kappa shape index (κ3) is 13.3. The van der Waals surface area contributed by atoms with Crippen molar-refractivity contribution in [1.29, 1.82) is 0 Å². The van der Waals surface area contributed by atoms with Gasteiger partial charge in [-0.25, -0.2) is 0 Å². The van der Waals surface area contributed by atoms with E-state index in [1.807, 2.05) is 0 Å². The predicted molar refractivity (Wildman–Crippen MR) is 69.1 cm³/mol. The van der Waals surface area contributed by atoms with Crippen molar-refractivity contribution < 1.29 is 15.0 Å². The quantitative estimate of drug-likeness (QED) is 0.461. The maximum atomic E-state index is 10.3. The fraction of sp³-hybridized carbons (Fsp3) is 0.923. The lowest BCUT2D eigenvalue weighted by atomic mass is 10.1. The van der Waals surface area contributed by atoms with Crippen molar-refractivity contribution in [2.75, 3.05) is 13.2 Å². The number of aliphatic hydroxyl groups is 1. The minimum atomic E-state index is -0.686. The molecule has 3 N–H and O–H groups in total. The Kier molecular flexibility index (Phi) is 11.4. The first-order valence-corrected chi connectivity index (χ1v) is 6.73. The van der Waals surface area contributed by atoms with Gasteiger partial charge in [-0.15, -0.1) is 0 Å². The number of hydrogen-bond acceptors (Lipinski definition) is 3. The second-order valence-corrected chi connectivity index (χ2v) is 4.63. The molecule has 0 heterocycles. The van der Waals surface area contributed by atoms with Crippen LogP contribution in [-0.4, -0.2) is 35.4 Å². The van der Waals surface area contributed by atoms with Crippen molar-refractivity contribution in [2.24, 2.45) is 0 Å². The van der Waals surface area contributed by atoms with Gasteiger partial charge in [0.2, 0.25) is 0 Å². The number of unbranched alkanes of at least 4 members (excludes halogenated alkanes) is 5. The van der Waals surface area contributed by atoms with Gasteiger partial charge in [0.15, 0.2) is 0 Å². The minimum absolute atomic E-state index is 0.202. The van der Waals surface area contributed by atoms with Crippen LogP contribution in [0.2, 0.25) is 0 Å². The van der Waals surface area contributed by atoms with Crippen LogP contribution in [0.25, 0.3) is 0 Å². The summed E-state index contributed by atoms with van der Waals surface area (Å²) in [4.78, 5) is 10.3. The SMILES string of the molecule is C[C@@H](CCCCCCCCC(=O)O)NCCO. The Labute approximate surface area is 104 Å². The summed E-state index contributed by atoms with van der Waals surface area (Å²) < 4.78 is 0. The number of carboxylic acids is 1. The number of rotatable bonds is 12. The molecule has 0 fully saturated rings. The van der Waals surface area contributed by atoms with Crippen molar-refractivity contribution in [3.8, 4) is 0 Å². The van der Waals surface area contributed by atoms with E-state index in [-0.39, 0.29) is 6.61 Å². The van der Waals surface area contributed by atoms with Crippen LogP contribution in [-0.2, 0) is 4.79 Å². The number of nitrogens with one attached hydrogen (secondary N) is 1. The molecule has 0 aliphatic carbocycles. The van der Waals surface area contributed by atoms with Gasteiger partial charge >= 0.3 is 5.97 Å². The summed E-state index contributed by atoms with van der Waals surface area (Å²) in [6.07, 6.45) is 8.07. The first-order valence-electron chi connectivity index (χ1n) is 6.73. The molecule has 0 radical (unpaired) electrons. The highest BCUT2D eigenvalue weighted by molar-refractivity contribution is 5.66. The van der Waals surface area contributed by atoms with Crippen LogP contribution in [0.1, 0.15) is 58.3 Å². The molecule has 102 valence electrons. The van der Waals surface area contributed by atoms with Gasteiger partial charge in [-0.2, -0.15) is 0 Å². The largest absolute Gasteiger partial charge is 0.481 e. The van der Waals surface area contributed by atoms with Crippen LogP contribution in [0.4, 0.5) is 0 Å². The maximum Gasteiger partial charge on any atom is 0.303 e. The van der Waals surface area contributed by atoms with Crippen LogP contribution >= 0.6 is 0 Å². The molecule has 4 heteroatoms. The molecule has 4 nitrogen and oxygen atoms in total. The van der Waals surface area contributed by atoms with Gasteiger partial charge in [-0.1, -0.05) is 32.1 Å². The molecule has 0 saturated heterocycles. The molecule has 0 aromatic heterocycles. The molecular formula is C13H27NO3. The van der Waals surface area contributed by atoms with E-state index in [0.717, 1.165) is 25.7 Å². The van der Waals surface area contributed by atoms with Gasteiger partial charge in [-0.3, -0.25) is 4.79 Å². The Bertz CT molecular complexity index is 186. The number of hydrogen-bond donors (Lipinski definition) is 3. The zero-order valence-electron chi connectivity index (χ0n) is 11.0. The highest BCUT2D eigenvalue weighted by atomic mass is 16.4. The highest BCUT2D eigenvalue weighted by Crippen LogP contribution is 2.09. The molecule has 0 aliphatic rings. The average molecular weight is 245 g/mol. The van der Waals surface area contributed by atoms with E-state index in [9.17, 15) is 4.79 Å². The zero-order chi connectivity index (χ0) is 12.9. The van der Waals surface area contributed by atoms with Crippen molar-refractivity contribution in [1.82, 2.24) is 5.32 Å². The number of carbonyl (C=O) groups is 1. The van der Waals surface area contributed by atoms with Crippen LogP contribution in [0.5, 0.6) is 0 Å². The van der Waals surface area contributed by atoms with E-state index < -0.39 is 5.97 Å². The molecule has 0 aliphatic heterocycles. The second-order valence-electron chi connectivity index (χ2n) is 4.63. The van der Waals surface area contributed by atoms with Gasteiger partial charge in [-0.05, 0) is 19.8 Å². The van der Waals surface area contributed by atoms with E-state index >= 15 is 0 Å². The topological polar surface area (TPSA) is 69.6 Å². The Morgan fingerprint density at radius 1 is 1.12 bits per heavy atom. The van der Waals surface area contributed by atoms with Gasteiger partial charge < -0.3 is 15.5 Å². The standard InChI is InChI=1S/C13H27NO3/c1-12(14-10-11-15)8-6-4-2-3-5-7-9-13(16)17/h12,14-15H,2-11H2,1H3,(H,16,17)/t12-/m0/s1. The third-order valence-electron chi connectivity index (χ3n) is 2.88. The first kappa shape index (κ1) is 16.4. The first-order chi connectivity index (χ1) is 8.16. The molecule has 17 heavy (non-hydrogen) atoms. The Morgan fingerprint density at radius 3 is 2.29 bits per heavy atom. The van der Waals surface area contributed by atoms with Crippen LogP contribution < -0.4 is 5.32 Å². The summed E-state index contributed by atoms with van der Waals surface area (Å²) in [5.74, 6) is -0.686. The normalized spacial score (nSPS) is 12.6. The predicted octanol–water partition coefficient (Wildman–Crippen LogP) is 2.16. The molecular weight excluding hydrogens is 218 g/mol. The lowest BCUT2D eigenvalue weighted by Crippen LogP contribution is -2.28. The Balaban J connectivity index is 3.10. The van der Waals surface area contributed by atoms with Crippen molar-refractivity contribution in [3.63, 3.8) is 0 Å². The van der Waals surface area contributed by atoms with Gasteiger partial charge in [0.25, 0.3) is 0 Å². The smallest absolute Gasteiger partial charge is 0.303 e. The van der Waals surface area contributed by atoms with Crippen LogP contribution in [0, 0.1) is 0 Å². The molecule has 0 spiro atoms. The highest BCUT2D eigenvalue weighted by Gasteiger charge is 2.00. The van der Waals surface area contributed by atoms with E-state index in [0.29, 0.717) is 19.0 Å². The second kappa shape index (κ2) is 11.9. The van der Waals surface area contributed by atoms with Gasteiger partial charge in [0.1, 0.15) is 0 Å². The molecule has 0 bridgehead atoms. The molecule has 1 atom stereocenters. The zero-order valence-corrected chi connectivity index (χ0v) is 11.0. The average Bonchev–Trinajstić information content (AvgIpc) is 2.29. The maximum absolute atomic E-state index is 10.3. The van der Waals surface area contributed by atoms with Crippen molar-refractivity contribution >= 4 is 5.97 Å². The lowest BCUT2D eigenvalue weighted by Gasteiger charge is -2.12. The minimum Gasteiger partial charge on any atom is -0.481 e. The molecule has 0 rings (SSSR count).